The molecule has 0 atom stereocenters. The number of nitrogens with one attached hydrogen (secondary N) is 2. The zero-order chi connectivity index (χ0) is 20.5. The van der Waals surface area contributed by atoms with E-state index in [1.165, 1.54) is 11.6 Å². The van der Waals surface area contributed by atoms with Gasteiger partial charge in [-0.2, -0.15) is 5.10 Å². The van der Waals surface area contributed by atoms with Crippen LogP contribution in [0.3, 0.4) is 0 Å². The van der Waals surface area contributed by atoms with Crippen LogP contribution >= 0.6 is 0 Å². The van der Waals surface area contributed by atoms with Crippen LogP contribution in [0.1, 0.15) is 17.4 Å². The van der Waals surface area contributed by atoms with E-state index < -0.39 is 5.91 Å². The molecule has 2 aromatic heterocycles. The fourth-order valence-corrected chi connectivity index (χ4v) is 3.20. The fourth-order valence-electron chi connectivity index (χ4n) is 3.20. The lowest BCUT2D eigenvalue weighted by molar-refractivity contribution is 0.0957. The van der Waals surface area contributed by atoms with Crippen LogP contribution < -0.4 is 22.0 Å². The summed E-state index contributed by atoms with van der Waals surface area (Å²) in [5.41, 5.74) is 5.36. The van der Waals surface area contributed by atoms with E-state index in [2.05, 4.69) is 20.9 Å². The number of rotatable bonds is 4. The molecule has 0 radical (unpaired) electrons. The van der Waals surface area contributed by atoms with Gasteiger partial charge in [0.1, 0.15) is 0 Å². The van der Waals surface area contributed by atoms with E-state index in [4.69, 9.17) is 0 Å². The molecule has 2 heterocycles. The highest BCUT2D eigenvalue weighted by atomic mass is 16.2. The Balaban J connectivity index is 1.71. The van der Waals surface area contributed by atoms with Crippen molar-refractivity contribution in [1.82, 2.24) is 24.8 Å². The summed E-state index contributed by atoms with van der Waals surface area (Å²) >= 11 is 0. The second-order valence-corrected chi connectivity index (χ2v) is 6.40. The van der Waals surface area contributed by atoms with Crippen LogP contribution in [0.25, 0.3) is 21.7 Å². The predicted molar refractivity (Wildman–Crippen MR) is 110 cm³/mol. The number of carbonyl (C=O) groups is 1. The summed E-state index contributed by atoms with van der Waals surface area (Å²) in [6.45, 7) is 2.18. The van der Waals surface area contributed by atoms with Gasteiger partial charge in [0, 0.05) is 19.0 Å². The van der Waals surface area contributed by atoms with Crippen molar-refractivity contribution in [2.24, 2.45) is 7.05 Å². The summed E-state index contributed by atoms with van der Waals surface area (Å²) < 4.78 is 2.54. The average Bonchev–Trinajstić information content (AvgIpc) is 2.74. The van der Waals surface area contributed by atoms with Crippen molar-refractivity contribution in [2.45, 2.75) is 13.5 Å². The molecule has 0 saturated heterocycles. The average molecular weight is 390 g/mol. The first-order valence-electron chi connectivity index (χ1n) is 9.03. The highest BCUT2D eigenvalue weighted by Crippen LogP contribution is 2.14. The number of hydrogen-bond donors (Lipinski definition) is 2. The van der Waals surface area contributed by atoms with Crippen LogP contribution in [0.15, 0.2) is 58.1 Å². The van der Waals surface area contributed by atoms with Gasteiger partial charge in [0.2, 0.25) is 5.95 Å². The molecule has 0 fully saturated rings. The SMILES string of the molecule is CCn1c(NNC(=O)c2nn(C)c(=O)c3ccccc23)nc2ccccc2c1=O. The largest absolute Gasteiger partial charge is 0.290 e. The summed E-state index contributed by atoms with van der Waals surface area (Å²) in [5.74, 6) is -0.347. The van der Waals surface area contributed by atoms with Gasteiger partial charge in [-0.1, -0.05) is 30.3 Å². The van der Waals surface area contributed by atoms with Crippen LogP contribution in [0, 0.1) is 0 Å². The lowest BCUT2D eigenvalue weighted by atomic mass is 10.1. The molecular weight excluding hydrogens is 372 g/mol. The Labute approximate surface area is 164 Å². The number of carbonyl (C=O) groups excluding carboxylic acids is 1. The summed E-state index contributed by atoms with van der Waals surface area (Å²) in [6.07, 6.45) is 0. The summed E-state index contributed by atoms with van der Waals surface area (Å²) in [5, 5.41) is 5.42. The van der Waals surface area contributed by atoms with Gasteiger partial charge in [-0.3, -0.25) is 29.8 Å². The van der Waals surface area contributed by atoms with Gasteiger partial charge in [0.25, 0.3) is 17.0 Å². The van der Waals surface area contributed by atoms with E-state index in [0.29, 0.717) is 28.2 Å². The molecule has 0 saturated carbocycles. The van der Waals surface area contributed by atoms with Crippen molar-refractivity contribution < 1.29 is 4.79 Å². The minimum absolute atomic E-state index is 0.0846. The quantitative estimate of drug-likeness (QED) is 0.510. The topological polar surface area (TPSA) is 111 Å². The molecule has 29 heavy (non-hydrogen) atoms. The second-order valence-electron chi connectivity index (χ2n) is 6.40. The van der Waals surface area contributed by atoms with Crippen LogP contribution in [0.4, 0.5) is 5.95 Å². The number of anilines is 1. The second kappa shape index (κ2) is 7.19. The molecule has 0 unspecified atom stereocenters. The third kappa shape index (κ3) is 3.12. The van der Waals surface area contributed by atoms with E-state index in [1.54, 1.807) is 48.5 Å². The van der Waals surface area contributed by atoms with E-state index in [0.717, 1.165) is 4.68 Å². The lowest BCUT2D eigenvalue weighted by Crippen LogP contribution is -2.36. The zero-order valence-electron chi connectivity index (χ0n) is 15.8. The van der Waals surface area contributed by atoms with Crippen LogP contribution in [-0.2, 0) is 13.6 Å². The van der Waals surface area contributed by atoms with Gasteiger partial charge in [-0.15, -0.1) is 0 Å². The lowest BCUT2D eigenvalue weighted by Gasteiger charge is -2.14. The molecule has 0 spiro atoms. The van der Waals surface area contributed by atoms with Gasteiger partial charge >= 0.3 is 0 Å². The molecule has 2 aromatic carbocycles. The molecule has 2 N–H and O–H groups in total. The number of hydrazine groups is 1. The van der Waals surface area contributed by atoms with Gasteiger partial charge in [0.05, 0.1) is 16.3 Å². The fraction of sp³-hybridized carbons (Fsp3) is 0.150. The Bertz CT molecular complexity index is 1370. The van der Waals surface area contributed by atoms with Gasteiger partial charge < -0.3 is 0 Å². The molecule has 0 aliphatic rings. The standard InChI is InChI=1S/C20H18N6O3/c1-3-26-19(29)14-10-6-7-11-15(14)21-20(26)23-22-17(27)16-12-8-4-5-9-13(12)18(28)25(2)24-16/h4-11H,3H2,1-2H3,(H,21,23)(H,22,27). The maximum atomic E-state index is 12.8. The number of aromatic nitrogens is 4. The Kier molecular flexibility index (Phi) is 4.55. The number of benzene rings is 2. The number of aryl methyl sites for hydroxylation is 1. The van der Waals surface area contributed by atoms with Crippen molar-refractivity contribution >= 4 is 33.5 Å². The van der Waals surface area contributed by atoms with Gasteiger partial charge in [0.15, 0.2) is 5.69 Å². The molecule has 9 nitrogen and oxygen atoms in total. The highest BCUT2D eigenvalue weighted by Gasteiger charge is 2.16. The molecule has 9 heteroatoms. The van der Waals surface area contributed by atoms with Crippen molar-refractivity contribution in [1.29, 1.82) is 0 Å². The number of hydrogen-bond acceptors (Lipinski definition) is 6. The Hall–Kier alpha value is -4.01. The first kappa shape index (κ1) is 18.4. The maximum absolute atomic E-state index is 12.8. The van der Waals surface area contributed by atoms with Crippen molar-refractivity contribution in [3.05, 3.63) is 74.9 Å². The third-order valence-corrected chi connectivity index (χ3v) is 4.64. The van der Waals surface area contributed by atoms with Gasteiger partial charge in [-0.25, -0.2) is 9.67 Å². The highest BCUT2D eigenvalue weighted by molar-refractivity contribution is 6.05. The minimum Gasteiger partial charge on any atom is -0.277 e. The maximum Gasteiger partial charge on any atom is 0.290 e. The van der Waals surface area contributed by atoms with Crippen LogP contribution in [-0.4, -0.2) is 25.2 Å². The Morgan fingerprint density at radius 2 is 1.62 bits per heavy atom. The summed E-state index contributed by atoms with van der Waals surface area (Å²) in [6, 6.07) is 13.8. The molecule has 0 bridgehead atoms. The molecule has 4 aromatic rings. The molecule has 146 valence electrons. The van der Waals surface area contributed by atoms with Gasteiger partial charge in [-0.05, 0) is 25.1 Å². The summed E-state index contributed by atoms with van der Waals surface area (Å²) in [7, 11) is 1.48. The first-order chi connectivity index (χ1) is 14.0. The molecule has 1 amide bonds. The van der Waals surface area contributed by atoms with E-state index in [1.807, 2.05) is 6.92 Å². The molecule has 0 aliphatic heterocycles. The smallest absolute Gasteiger partial charge is 0.277 e. The monoisotopic (exact) mass is 390 g/mol. The van der Waals surface area contributed by atoms with Crippen molar-refractivity contribution in [2.75, 3.05) is 5.43 Å². The van der Waals surface area contributed by atoms with Crippen LogP contribution in [0.5, 0.6) is 0 Å². The summed E-state index contributed by atoms with van der Waals surface area (Å²) in [4.78, 5) is 42.1. The van der Waals surface area contributed by atoms with Crippen LogP contribution in [0.2, 0.25) is 0 Å². The number of para-hydroxylation sites is 1. The Morgan fingerprint density at radius 3 is 2.34 bits per heavy atom. The van der Waals surface area contributed by atoms with E-state index in [9.17, 15) is 14.4 Å². The van der Waals surface area contributed by atoms with E-state index >= 15 is 0 Å². The number of nitrogens with zero attached hydrogens (tertiary/aromatic N) is 4. The molecule has 0 aliphatic carbocycles. The minimum atomic E-state index is -0.554. The third-order valence-electron chi connectivity index (χ3n) is 4.64. The Morgan fingerprint density at radius 1 is 0.966 bits per heavy atom. The zero-order valence-corrected chi connectivity index (χ0v) is 15.8. The predicted octanol–water partition coefficient (Wildman–Crippen LogP) is 1.42. The van der Waals surface area contributed by atoms with Crippen molar-refractivity contribution in [3.8, 4) is 0 Å². The van der Waals surface area contributed by atoms with E-state index in [-0.39, 0.29) is 22.8 Å². The normalized spacial score (nSPS) is 11.0. The number of fused-ring (bicyclic) bond motifs is 2. The molecule has 4 rings (SSSR count). The number of amides is 1. The van der Waals surface area contributed by atoms with Crippen molar-refractivity contribution in [3.63, 3.8) is 0 Å². The molecular formula is C20H18N6O3. The first-order valence-corrected chi connectivity index (χ1v) is 9.03.